The van der Waals surface area contributed by atoms with E-state index in [0.717, 1.165) is 32.4 Å². The molecule has 0 aliphatic carbocycles. The Bertz CT molecular complexity index is 613. The number of primary sulfonamides is 1. The van der Waals surface area contributed by atoms with Crippen LogP contribution in [0.5, 0.6) is 0 Å². The second-order valence-corrected chi connectivity index (χ2v) is 7.34. The highest BCUT2D eigenvalue weighted by atomic mass is 32.2. The van der Waals surface area contributed by atoms with Gasteiger partial charge in [0.25, 0.3) is 5.91 Å². The number of aryl methyl sites for hydroxylation is 1. The van der Waals surface area contributed by atoms with Crippen molar-refractivity contribution >= 4 is 15.9 Å². The molecule has 21 heavy (non-hydrogen) atoms. The summed E-state index contributed by atoms with van der Waals surface area (Å²) in [5.74, 6) is 0.529. The van der Waals surface area contributed by atoms with Gasteiger partial charge in [0.2, 0.25) is 10.0 Å². The van der Waals surface area contributed by atoms with Crippen LogP contribution in [0.15, 0.2) is 17.2 Å². The highest BCUT2D eigenvalue weighted by Gasteiger charge is 2.25. The summed E-state index contributed by atoms with van der Waals surface area (Å²) < 4.78 is 24.7. The lowest BCUT2D eigenvalue weighted by atomic mass is 9.99. The maximum absolute atomic E-state index is 12.6. The Balaban J connectivity index is 2.29. The van der Waals surface area contributed by atoms with Gasteiger partial charge >= 0.3 is 0 Å². The van der Waals surface area contributed by atoms with Crippen LogP contribution in [0.3, 0.4) is 0 Å². The van der Waals surface area contributed by atoms with Crippen LogP contribution in [0.4, 0.5) is 0 Å². The molecule has 6 nitrogen and oxygen atoms in total. The second kappa shape index (κ2) is 6.19. The number of carbonyl (C=O) groups is 1. The number of rotatable bonds is 4. The van der Waals surface area contributed by atoms with Gasteiger partial charge in [-0.2, -0.15) is 0 Å². The van der Waals surface area contributed by atoms with Crippen LogP contribution in [-0.2, 0) is 16.6 Å². The molecule has 0 aromatic carbocycles. The number of nitrogens with zero attached hydrogens (tertiary/aromatic N) is 2. The van der Waals surface area contributed by atoms with Crippen LogP contribution in [0.1, 0.15) is 43.6 Å². The van der Waals surface area contributed by atoms with Gasteiger partial charge in [0.15, 0.2) is 0 Å². The maximum Gasteiger partial charge on any atom is 0.270 e. The largest absolute Gasteiger partial charge is 0.342 e. The number of sulfonamides is 1. The molecule has 1 aliphatic heterocycles. The topological polar surface area (TPSA) is 85.4 Å². The Hall–Kier alpha value is -1.34. The molecular formula is C14H23N3O3S. The molecule has 1 aliphatic rings. The Morgan fingerprint density at radius 3 is 2.52 bits per heavy atom. The van der Waals surface area contributed by atoms with Gasteiger partial charge in [-0.25, -0.2) is 13.6 Å². The first kappa shape index (κ1) is 16.0. The van der Waals surface area contributed by atoms with E-state index >= 15 is 0 Å². The van der Waals surface area contributed by atoms with Gasteiger partial charge in [-0.15, -0.1) is 0 Å². The highest BCUT2D eigenvalue weighted by molar-refractivity contribution is 7.89. The van der Waals surface area contributed by atoms with E-state index in [-0.39, 0.29) is 10.8 Å². The second-order valence-electron chi connectivity index (χ2n) is 5.77. The van der Waals surface area contributed by atoms with Gasteiger partial charge in [-0.3, -0.25) is 4.79 Å². The van der Waals surface area contributed by atoms with Crippen molar-refractivity contribution in [1.29, 1.82) is 0 Å². The number of amides is 1. The van der Waals surface area contributed by atoms with Crippen LogP contribution < -0.4 is 5.14 Å². The van der Waals surface area contributed by atoms with Crippen molar-refractivity contribution in [2.45, 2.75) is 44.6 Å². The van der Waals surface area contributed by atoms with Gasteiger partial charge < -0.3 is 9.47 Å². The van der Waals surface area contributed by atoms with Crippen LogP contribution >= 0.6 is 0 Å². The smallest absolute Gasteiger partial charge is 0.270 e. The number of nitrogens with two attached hydrogens (primary N) is 1. The van der Waals surface area contributed by atoms with Gasteiger partial charge in [0.05, 0.1) is 0 Å². The van der Waals surface area contributed by atoms with E-state index in [1.54, 1.807) is 9.47 Å². The van der Waals surface area contributed by atoms with Crippen molar-refractivity contribution in [2.24, 2.45) is 11.1 Å². The molecule has 0 radical (unpaired) electrons. The summed E-state index contributed by atoms with van der Waals surface area (Å²) in [4.78, 5) is 14.4. The molecule has 0 atom stereocenters. The van der Waals surface area contributed by atoms with E-state index in [2.05, 4.69) is 6.92 Å². The number of hydrogen-bond acceptors (Lipinski definition) is 3. The SMILES string of the molecule is CCCn1cc(S(N)(=O)=O)cc1C(=O)N1CCC(C)CC1. The molecule has 7 heteroatoms. The van der Waals surface area contributed by atoms with Crippen molar-refractivity contribution in [3.8, 4) is 0 Å². The molecule has 1 fully saturated rings. The third-order valence-electron chi connectivity index (χ3n) is 3.95. The van der Waals surface area contributed by atoms with Crippen LogP contribution in [-0.4, -0.2) is 36.9 Å². The minimum atomic E-state index is -3.79. The first-order valence-electron chi connectivity index (χ1n) is 7.35. The van der Waals surface area contributed by atoms with E-state index in [9.17, 15) is 13.2 Å². The molecule has 2 heterocycles. The molecular weight excluding hydrogens is 290 g/mol. The molecule has 0 unspecified atom stereocenters. The van der Waals surface area contributed by atoms with Crippen LogP contribution in [0.25, 0.3) is 0 Å². The minimum Gasteiger partial charge on any atom is -0.342 e. The molecule has 1 aromatic rings. The number of piperidine rings is 1. The fraction of sp³-hybridized carbons (Fsp3) is 0.643. The lowest BCUT2D eigenvalue weighted by Gasteiger charge is -2.30. The number of hydrogen-bond donors (Lipinski definition) is 1. The summed E-state index contributed by atoms with van der Waals surface area (Å²) in [7, 11) is -3.79. The predicted molar refractivity (Wildman–Crippen MR) is 80.4 cm³/mol. The zero-order valence-corrected chi connectivity index (χ0v) is 13.4. The summed E-state index contributed by atoms with van der Waals surface area (Å²) in [6.45, 7) is 6.21. The quantitative estimate of drug-likeness (QED) is 0.912. The van der Waals surface area contributed by atoms with Crippen molar-refractivity contribution in [3.05, 3.63) is 18.0 Å². The summed E-state index contributed by atoms with van der Waals surface area (Å²) in [5.41, 5.74) is 0.412. The Kier molecular flexibility index (Phi) is 4.73. The summed E-state index contributed by atoms with van der Waals surface area (Å²) in [5, 5.41) is 5.17. The zero-order valence-electron chi connectivity index (χ0n) is 12.6. The van der Waals surface area contributed by atoms with Gasteiger partial charge in [0.1, 0.15) is 10.6 Å². The maximum atomic E-state index is 12.6. The lowest BCUT2D eigenvalue weighted by molar-refractivity contribution is 0.0686. The van der Waals surface area contributed by atoms with E-state index < -0.39 is 10.0 Å². The third-order valence-corrected chi connectivity index (χ3v) is 4.83. The van der Waals surface area contributed by atoms with E-state index in [4.69, 9.17) is 5.14 Å². The lowest BCUT2D eigenvalue weighted by Crippen LogP contribution is -2.38. The first-order chi connectivity index (χ1) is 9.82. The highest BCUT2D eigenvalue weighted by Crippen LogP contribution is 2.20. The van der Waals surface area contributed by atoms with E-state index in [0.29, 0.717) is 18.2 Å². The average molecular weight is 313 g/mol. The molecule has 1 saturated heterocycles. The van der Waals surface area contributed by atoms with E-state index in [1.807, 2.05) is 6.92 Å². The number of carbonyl (C=O) groups excluding carboxylic acids is 1. The molecule has 1 amide bonds. The van der Waals surface area contributed by atoms with Gasteiger partial charge in [-0.1, -0.05) is 13.8 Å². The van der Waals surface area contributed by atoms with Crippen LogP contribution in [0.2, 0.25) is 0 Å². The summed E-state index contributed by atoms with van der Waals surface area (Å²) in [6, 6.07) is 1.39. The average Bonchev–Trinajstić information content (AvgIpc) is 2.83. The first-order valence-corrected chi connectivity index (χ1v) is 8.89. The normalized spacial score (nSPS) is 17.2. The molecule has 0 spiro atoms. The standard InChI is InChI=1S/C14H23N3O3S/c1-3-6-17-10-12(21(15,19)20)9-13(17)14(18)16-7-4-11(2)5-8-16/h9-11H,3-8H2,1-2H3,(H2,15,19,20). The Morgan fingerprint density at radius 2 is 2.00 bits per heavy atom. The Morgan fingerprint density at radius 1 is 1.38 bits per heavy atom. The monoisotopic (exact) mass is 313 g/mol. The summed E-state index contributed by atoms with van der Waals surface area (Å²) in [6.07, 6.45) is 4.25. The molecule has 0 saturated carbocycles. The zero-order chi connectivity index (χ0) is 15.6. The predicted octanol–water partition coefficient (Wildman–Crippen LogP) is 1.42. The molecule has 2 N–H and O–H groups in total. The fourth-order valence-corrected chi connectivity index (χ4v) is 3.17. The van der Waals surface area contributed by atoms with Crippen LogP contribution in [0, 0.1) is 5.92 Å². The molecule has 118 valence electrons. The number of aromatic nitrogens is 1. The van der Waals surface area contributed by atoms with Crippen molar-refractivity contribution in [1.82, 2.24) is 9.47 Å². The van der Waals surface area contributed by atoms with Crippen molar-refractivity contribution < 1.29 is 13.2 Å². The minimum absolute atomic E-state index is 0.00433. The summed E-state index contributed by atoms with van der Waals surface area (Å²) >= 11 is 0. The van der Waals surface area contributed by atoms with E-state index in [1.165, 1.54) is 12.3 Å². The van der Waals surface area contributed by atoms with Crippen molar-refractivity contribution in [3.63, 3.8) is 0 Å². The van der Waals surface area contributed by atoms with Gasteiger partial charge in [-0.05, 0) is 31.2 Å². The van der Waals surface area contributed by atoms with Crippen molar-refractivity contribution in [2.75, 3.05) is 13.1 Å². The number of likely N-dealkylation sites (tertiary alicyclic amines) is 1. The Labute approximate surface area is 126 Å². The third kappa shape index (κ3) is 3.65. The molecule has 2 rings (SSSR count). The molecule has 1 aromatic heterocycles. The molecule has 0 bridgehead atoms. The van der Waals surface area contributed by atoms with Gasteiger partial charge in [0, 0.05) is 25.8 Å². The fourth-order valence-electron chi connectivity index (χ4n) is 2.62.